The lowest BCUT2D eigenvalue weighted by atomic mass is 10.1. The van der Waals surface area contributed by atoms with E-state index in [1.807, 2.05) is 42.7 Å². The van der Waals surface area contributed by atoms with Crippen LogP contribution in [0.15, 0.2) is 59.4 Å². The second kappa shape index (κ2) is 5.89. The SMILES string of the molecule is C=CCSc1ncc(-c2ccc(S)cc2)cn1. The van der Waals surface area contributed by atoms with Crippen molar-refractivity contribution in [3.05, 3.63) is 49.3 Å². The molecular formula is C13H12N2S2. The van der Waals surface area contributed by atoms with Crippen LogP contribution in [0.25, 0.3) is 11.1 Å². The molecule has 0 aliphatic carbocycles. The Morgan fingerprint density at radius 3 is 2.35 bits per heavy atom. The summed E-state index contributed by atoms with van der Waals surface area (Å²) in [7, 11) is 0. The highest BCUT2D eigenvalue weighted by Crippen LogP contribution is 2.21. The van der Waals surface area contributed by atoms with Crippen molar-refractivity contribution in [2.24, 2.45) is 0 Å². The minimum atomic E-state index is 0.777. The molecule has 0 aliphatic rings. The summed E-state index contributed by atoms with van der Waals surface area (Å²) in [6.07, 6.45) is 5.52. The highest BCUT2D eigenvalue weighted by atomic mass is 32.2. The predicted octanol–water partition coefficient (Wildman–Crippen LogP) is 3.71. The quantitative estimate of drug-likeness (QED) is 0.393. The Labute approximate surface area is 111 Å². The van der Waals surface area contributed by atoms with Crippen LogP contribution in [0.5, 0.6) is 0 Å². The molecule has 2 rings (SSSR count). The number of hydrogen-bond donors (Lipinski definition) is 1. The van der Waals surface area contributed by atoms with E-state index in [1.165, 1.54) is 0 Å². The number of aromatic nitrogens is 2. The molecule has 1 aromatic carbocycles. The summed E-state index contributed by atoms with van der Waals surface area (Å²) >= 11 is 5.83. The highest BCUT2D eigenvalue weighted by Gasteiger charge is 2.00. The first kappa shape index (κ1) is 12.2. The number of thioether (sulfide) groups is 1. The predicted molar refractivity (Wildman–Crippen MR) is 75.6 cm³/mol. The molecule has 0 fully saturated rings. The maximum Gasteiger partial charge on any atom is 0.187 e. The molecule has 0 N–H and O–H groups in total. The summed E-state index contributed by atoms with van der Waals surface area (Å²) in [6.45, 7) is 3.67. The lowest BCUT2D eigenvalue weighted by molar-refractivity contribution is 0.971. The molecule has 0 saturated carbocycles. The van der Waals surface area contributed by atoms with E-state index in [1.54, 1.807) is 11.8 Å². The van der Waals surface area contributed by atoms with Gasteiger partial charge in [-0.05, 0) is 17.7 Å². The van der Waals surface area contributed by atoms with Crippen LogP contribution in [0.2, 0.25) is 0 Å². The van der Waals surface area contributed by atoms with Crippen molar-refractivity contribution in [1.29, 1.82) is 0 Å². The lowest BCUT2D eigenvalue weighted by Gasteiger charge is -2.02. The molecule has 0 unspecified atom stereocenters. The molecule has 0 spiro atoms. The Kier molecular flexibility index (Phi) is 4.23. The highest BCUT2D eigenvalue weighted by molar-refractivity contribution is 7.99. The number of nitrogens with zero attached hydrogens (tertiary/aromatic N) is 2. The van der Waals surface area contributed by atoms with E-state index in [4.69, 9.17) is 0 Å². The standard InChI is InChI=1S/C13H12N2S2/c1-2-7-17-13-14-8-11(9-15-13)10-3-5-12(16)6-4-10/h2-6,8-9,16H,1,7H2. The van der Waals surface area contributed by atoms with Gasteiger partial charge in [0, 0.05) is 28.6 Å². The van der Waals surface area contributed by atoms with E-state index in [9.17, 15) is 0 Å². The van der Waals surface area contributed by atoms with Crippen LogP contribution in [0.1, 0.15) is 0 Å². The van der Waals surface area contributed by atoms with Gasteiger partial charge in [-0.25, -0.2) is 9.97 Å². The van der Waals surface area contributed by atoms with Gasteiger partial charge in [0.05, 0.1) is 0 Å². The van der Waals surface area contributed by atoms with E-state index in [2.05, 4.69) is 29.2 Å². The zero-order valence-corrected chi connectivity index (χ0v) is 10.9. The zero-order chi connectivity index (χ0) is 12.1. The third-order valence-corrected chi connectivity index (χ3v) is 3.33. The fourth-order valence-electron chi connectivity index (χ4n) is 1.33. The molecule has 4 heteroatoms. The Bertz CT molecular complexity index is 492. The minimum absolute atomic E-state index is 0.777. The van der Waals surface area contributed by atoms with Crippen molar-refractivity contribution >= 4 is 24.4 Å². The molecule has 86 valence electrons. The lowest BCUT2D eigenvalue weighted by Crippen LogP contribution is -1.88. The van der Waals surface area contributed by atoms with Crippen molar-refractivity contribution in [1.82, 2.24) is 9.97 Å². The molecule has 0 amide bonds. The van der Waals surface area contributed by atoms with Gasteiger partial charge in [0.15, 0.2) is 5.16 Å². The van der Waals surface area contributed by atoms with Crippen molar-refractivity contribution in [2.45, 2.75) is 10.1 Å². The van der Waals surface area contributed by atoms with Gasteiger partial charge in [-0.1, -0.05) is 30.0 Å². The molecular weight excluding hydrogens is 248 g/mol. The van der Waals surface area contributed by atoms with Crippen LogP contribution < -0.4 is 0 Å². The van der Waals surface area contributed by atoms with Gasteiger partial charge >= 0.3 is 0 Å². The fraction of sp³-hybridized carbons (Fsp3) is 0.0769. The van der Waals surface area contributed by atoms with E-state index < -0.39 is 0 Å². The normalized spacial score (nSPS) is 10.2. The number of hydrogen-bond acceptors (Lipinski definition) is 4. The van der Waals surface area contributed by atoms with E-state index in [0.717, 1.165) is 26.9 Å². The van der Waals surface area contributed by atoms with Crippen LogP contribution >= 0.6 is 24.4 Å². The number of benzene rings is 1. The fourth-order valence-corrected chi connectivity index (χ4v) is 2.00. The van der Waals surface area contributed by atoms with Gasteiger partial charge in [-0.3, -0.25) is 0 Å². The summed E-state index contributed by atoms with van der Waals surface area (Å²) in [5.74, 6) is 0.827. The Morgan fingerprint density at radius 2 is 1.76 bits per heavy atom. The first-order chi connectivity index (χ1) is 8.29. The largest absolute Gasteiger partial charge is 0.230 e. The Hall–Kier alpha value is -1.26. The first-order valence-electron chi connectivity index (χ1n) is 5.15. The second-order valence-corrected chi connectivity index (χ2v) is 4.90. The summed E-state index contributed by atoms with van der Waals surface area (Å²) in [5.41, 5.74) is 2.12. The van der Waals surface area contributed by atoms with E-state index >= 15 is 0 Å². The topological polar surface area (TPSA) is 25.8 Å². The van der Waals surface area contributed by atoms with Crippen LogP contribution in [-0.4, -0.2) is 15.7 Å². The van der Waals surface area contributed by atoms with Gasteiger partial charge in [0.1, 0.15) is 0 Å². The van der Waals surface area contributed by atoms with Gasteiger partial charge in [-0.15, -0.1) is 19.2 Å². The van der Waals surface area contributed by atoms with Crippen molar-refractivity contribution < 1.29 is 0 Å². The first-order valence-corrected chi connectivity index (χ1v) is 6.58. The van der Waals surface area contributed by atoms with Gasteiger partial charge in [0.25, 0.3) is 0 Å². The Balaban J connectivity index is 2.17. The van der Waals surface area contributed by atoms with Crippen LogP contribution in [-0.2, 0) is 0 Å². The van der Waals surface area contributed by atoms with E-state index in [0.29, 0.717) is 0 Å². The molecule has 2 nitrogen and oxygen atoms in total. The average molecular weight is 260 g/mol. The molecule has 1 heterocycles. The minimum Gasteiger partial charge on any atom is -0.230 e. The van der Waals surface area contributed by atoms with Crippen molar-refractivity contribution in [3.63, 3.8) is 0 Å². The zero-order valence-electron chi connectivity index (χ0n) is 9.21. The molecule has 0 saturated heterocycles. The maximum absolute atomic E-state index is 4.30. The number of rotatable bonds is 4. The monoisotopic (exact) mass is 260 g/mol. The molecule has 0 bridgehead atoms. The second-order valence-electron chi connectivity index (χ2n) is 3.40. The van der Waals surface area contributed by atoms with Crippen LogP contribution in [0.3, 0.4) is 0 Å². The molecule has 17 heavy (non-hydrogen) atoms. The van der Waals surface area contributed by atoms with Gasteiger partial charge < -0.3 is 0 Å². The third kappa shape index (κ3) is 3.35. The molecule has 0 aliphatic heterocycles. The third-order valence-electron chi connectivity index (χ3n) is 2.16. The van der Waals surface area contributed by atoms with Crippen LogP contribution in [0.4, 0.5) is 0 Å². The average Bonchev–Trinajstić information content (AvgIpc) is 2.38. The van der Waals surface area contributed by atoms with Gasteiger partial charge in [-0.2, -0.15) is 0 Å². The van der Waals surface area contributed by atoms with Crippen molar-refractivity contribution in [3.8, 4) is 11.1 Å². The summed E-state index contributed by atoms with van der Waals surface area (Å²) in [4.78, 5) is 9.55. The smallest absolute Gasteiger partial charge is 0.187 e. The summed E-state index contributed by atoms with van der Waals surface area (Å²) in [5, 5.41) is 0.777. The van der Waals surface area contributed by atoms with Crippen LogP contribution in [0, 0.1) is 0 Å². The summed E-state index contributed by atoms with van der Waals surface area (Å²) < 4.78 is 0. The molecule has 2 aromatic rings. The van der Waals surface area contributed by atoms with E-state index in [-0.39, 0.29) is 0 Å². The molecule has 0 atom stereocenters. The summed E-state index contributed by atoms with van der Waals surface area (Å²) in [6, 6.07) is 7.94. The van der Waals surface area contributed by atoms with Gasteiger partial charge in [0.2, 0.25) is 0 Å². The molecule has 0 radical (unpaired) electrons. The number of thiol groups is 1. The Morgan fingerprint density at radius 1 is 1.12 bits per heavy atom. The van der Waals surface area contributed by atoms with Crippen molar-refractivity contribution in [2.75, 3.05) is 5.75 Å². The molecule has 1 aromatic heterocycles. The maximum atomic E-state index is 4.30.